The van der Waals surface area contributed by atoms with Crippen LogP contribution in [0.3, 0.4) is 0 Å². The van der Waals surface area contributed by atoms with Gasteiger partial charge < -0.3 is 4.74 Å². The molecule has 0 radical (unpaired) electrons. The lowest BCUT2D eigenvalue weighted by atomic mass is 10.2. The number of methoxy groups -OCH3 is 1. The Morgan fingerprint density at radius 3 is 2.71 bits per heavy atom. The minimum Gasteiger partial charge on any atom is -0.468 e. The highest BCUT2D eigenvalue weighted by Gasteiger charge is 2.14. The number of nitrogens with zero attached hydrogens (tertiary/aromatic N) is 2. The smallest absolute Gasteiger partial charge is 0.319 e. The molecule has 0 unspecified atom stereocenters. The average molecular weight is 257 g/mol. The summed E-state index contributed by atoms with van der Waals surface area (Å²) in [6.45, 7) is 4.99. The lowest BCUT2D eigenvalue weighted by molar-refractivity contribution is -0.142. The molecule has 1 heterocycles. The van der Waals surface area contributed by atoms with Gasteiger partial charge in [-0.05, 0) is 25.5 Å². The zero-order chi connectivity index (χ0) is 12.8. The Balaban J connectivity index is 2.66. The molecule has 0 aromatic carbocycles. The van der Waals surface area contributed by atoms with Crippen LogP contribution in [0.5, 0.6) is 0 Å². The minimum absolute atomic E-state index is 0.236. The molecule has 0 bridgehead atoms. The highest BCUT2D eigenvalue weighted by molar-refractivity contribution is 6.29. The van der Waals surface area contributed by atoms with E-state index in [4.69, 9.17) is 11.6 Å². The van der Waals surface area contributed by atoms with Crippen LogP contribution in [0.2, 0.25) is 5.15 Å². The van der Waals surface area contributed by atoms with Crippen LogP contribution in [0.4, 0.5) is 0 Å². The van der Waals surface area contributed by atoms with Gasteiger partial charge in [-0.15, -0.1) is 0 Å². The maximum Gasteiger partial charge on any atom is 0.319 e. The molecule has 0 N–H and O–H groups in total. The van der Waals surface area contributed by atoms with Crippen LogP contribution < -0.4 is 0 Å². The zero-order valence-electron chi connectivity index (χ0n) is 10.3. The van der Waals surface area contributed by atoms with Gasteiger partial charge in [-0.25, -0.2) is 4.98 Å². The molecule has 94 valence electrons. The lowest BCUT2D eigenvalue weighted by Crippen LogP contribution is -2.35. The number of carbonyl (C=O) groups is 1. The Bertz CT molecular complexity index is 365. The Hall–Kier alpha value is -1.13. The molecule has 0 saturated heterocycles. The van der Waals surface area contributed by atoms with Crippen molar-refractivity contribution in [3.8, 4) is 0 Å². The molecule has 0 aliphatic rings. The van der Waals surface area contributed by atoms with E-state index in [0.717, 1.165) is 5.56 Å². The summed E-state index contributed by atoms with van der Waals surface area (Å²) in [5, 5.41) is 0.470. The van der Waals surface area contributed by atoms with E-state index >= 15 is 0 Å². The van der Waals surface area contributed by atoms with Gasteiger partial charge in [-0.2, -0.15) is 0 Å². The van der Waals surface area contributed by atoms with Crippen molar-refractivity contribution < 1.29 is 9.53 Å². The standard InChI is InChI=1S/C12H17ClN2O2/c1-9(2)15(8-12(16)17-3)7-10-4-5-11(13)14-6-10/h4-6,9H,7-8H2,1-3H3. The summed E-state index contributed by atoms with van der Waals surface area (Å²) >= 11 is 5.72. The van der Waals surface area contributed by atoms with Gasteiger partial charge in [0.25, 0.3) is 0 Å². The molecule has 1 rings (SSSR count). The zero-order valence-corrected chi connectivity index (χ0v) is 11.1. The number of esters is 1. The van der Waals surface area contributed by atoms with Crippen molar-refractivity contribution in [2.45, 2.75) is 26.4 Å². The molecule has 0 amide bonds. The van der Waals surface area contributed by atoms with E-state index in [1.165, 1.54) is 7.11 Å². The molecule has 0 saturated carbocycles. The molecule has 0 aliphatic carbocycles. The number of halogens is 1. The van der Waals surface area contributed by atoms with Crippen LogP contribution in [0, 0.1) is 0 Å². The monoisotopic (exact) mass is 256 g/mol. The van der Waals surface area contributed by atoms with Crippen LogP contribution in [0.25, 0.3) is 0 Å². The van der Waals surface area contributed by atoms with Crippen LogP contribution in [0.1, 0.15) is 19.4 Å². The van der Waals surface area contributed by atoms with Crippen molar-refractivity contribution in [3.63, 3.8) is 0 Å². The van der Waals surface area contributed by atoms with Crippen molar-refractivity contribution >= 4 is 17.6 Å². The second kappa shape index (κ2) is 6.57. The van der Waals surface area contributed by atoms with E-state index in [0.29, 0.717) is 11.7 Å². The fraction of sp³-hybridized carbons (Fsp3) is 0.500. The second-order valence-corrected chi connectivity index (χ2v) is 4.45. The fourth-order valence-electron chi connectivity index (χ4n) is 1.39. The number of hydrogen-bond acceptors (Lipinski definition) is 4. The van der Waals surface area contributed by atoms with Gasteiger partial charge >= 0.3 is 5.97 Å². The molecule has 0 spiro atoms. The molecular formula is C12H17ClN2O2. The summed E-state index contributed by atoms with van der Waals surface area (Å²) in [7, 11) is 1.39. The maximum absolute atomic E-state index is 11.3. The third-order valence-electron chi connectivity index (χ3n) is 2.46. The molecule has 1 aromatic heterocycles. The molecule has 1 aromatic rings. The third-order valence-corrected chi connectivity index (χ3v) is 2.69. The Morgan fingerprint density at radius 2 is 2.24 bits per heavy atom. The second-order valence-electron chi connectivity index (χ2n) is 4.06. The first-order valence-corrected chi connectivity index (χ1v) is 5.82. The average Bonchev–Trinajstić information content (AvgIpc) is 2.30. The van der Waals surface area contributed by atoms with E-state index in [1.807, 2.05) is 24.8 Å². The van der Waals surface area contributed by atoms with Crippen LogP contribution in [-0.2, 0) is 16.1 Å². The van der Waals surface area contributed by atoms with Gasteiger partial charge in [-0.1, -0.05) is 17.7 Å². The van der Waals surface area contributed by atoms with E-state index in [-0.39, 0.29) is 18.6 Å². The van der Waals surface area contributed by atoms with E-state index < -0.39 is 0 Å². The first-order chi connectivity index (χ1) is 8.02. The number of hydrogen-bond donors (Lipinski definition) is 0. The van der Waals surface area contributed by atoms with Crippen LogP contribution >= 0.6 is 11.6 Å². The third kappa shape index (κ3) is 4.71. The summed E-state index contributed by atoms with van der Waals surface area (Å²) in [5.74, 6) is -0.236. The number of aromatic nitrogens is 1. The van der Waals surface area contributed by atoms with Gasteiger partial charge in [-0.3, -0.25) is 9.69 Å². The first-order valence-electron chi connectivity index (χ1n) is 5.44. The number of carbonyl (C=O) groups excluding carboxylic acids is 1. The highest BCUT2D eigenvalue weighted by Crippen LogP contribution is 2.10. The summed E-state index contributed by atoms with van der Waals surface area (Å²) in [6, 6.07) is 3.90. The Kier molecular flexibility index (Phi) is 5.38. The van der Waals surface area contributed by atoms with Crippen molar-refractivity contribution in [3.05, 3.63) is 29.0 Å². The highest BCUT2D eigenvalue weighted by atomic mass is 35.5. The van der Waals surface area contributed by atoms with Gasteiger partial charge in [0.1, 0.15) is 5.15 Å². The number of rotatable bonds is 5. The molecule has 0 atom stereocenters. The molecule has 0 aliphatic heterocycles. The summed E-state index contributed by atoms with van der Waals surface area (Å²) in [4.78, 5) is 17.3. The van der Waals surface area contributed by atoms with Gasteiger partial charge in [0.15, 0.2) is 0 Å². The van der Waals surface area contributed by atoms with Crippen molar-refractivity contribution in [2.24, 2.45) is 0 Å². The van der Waals surface area contributed by atoms with Crippen molar-refractivity contribution in [1.29, 1.82) is 0 Å². The van der Waals surface area contributed by atoms with Gasteiger partial charge in [0.05, 0.1) is 13.7 Å². The maximum atomic E-state index is 11.3. The molecule has 4 nitrogen and oxygen atoms in total. The minimum atomic E-state index is -0.236. The molecule has 5 heteroatoms. The van der Waals surface area contributed by atoms with E-state index in [9.17, 15) is 4.79 Å². The summed E-state index contributed by atoms with van der Waals surface area (Å²) in [6.07, 6.45) is 1.72. The Morgan fingerprint density at radius 1 is 1.53 bits per heavy atom. The quantitative estimate of drug-likeness (QED) is 0.598. The largest absolute Gasteiger partial charge is 0.468 e. The Labute approximate surface area is 107 Å². The molecule has 0 fully saturated rings. The fourth-order valence-corrected chi connectivity index (χ4v) is 1.50. The SMILES string of the molecule is COC(=O)CN(Cc1ccc(Cl)nc1)C(C)C. The summed E-state index contributed by atoms with van der Waals surface area (Å²) in [5.41, 5.74) is 1.02. The van der Waals surface area contributed by atoms with Crippen LogP contribution in [0.15, 0.2) is 18.3 Å². The van der Waals surface area contributed by atoms with Crippen molar-refractivity contribution in [1.82, 2.24) is 9.88 Å². The number of ether oxygens (including phenoxy) is 1. The normalized spacial score (nSPS) is 10.9. The topological polar surface area (TPSA) is 42.4 Å². The number of pyridine rings is 1. The van der Waals surface area contributed by atoms with Gasteiger partial charge in [0.2, 0.25) is 0 Å². The van der Waals surface area contributed by atoms with E-state index in [2.05, 4.69) is 9.72 Å². The predicted octanol–water partition coefficient (Wildman–Crippen LogP) is 2.12. The van der Waals surface area contributed by atoms with Crippen LogP contribution in [-0.4, -0.2) is 35.5 Å². The van der Waals surface area contributed by atoms with Gasteiger partial charge in [0, 0.05) is 18.8 Å². The predicted molar refractivity (Wildman–Crippen MR) is 66.8 cm³/mol. The lowest BCUT2D eigenvalue weighted by Gasteiger charge is -2.24. The summed E-state index contributed by atoms with van der Waals surface area (Å²) < 4.78 is 4.67. The molecule has 17 heavy (non-hydrogen) atoms. The molecular weight excluding hydrogens is 240 g/mol. The van der Waals surface area contributed by atoms with E-state index in [1.54, 1.807) is 12.3 Å². The first kappa shape index (κ1) is 13.9. The van der Waals surface area contributed by atoms with Crippen molar-refractivity contribution in [2.75, 3.05) is 13.7 Å².